The zero-order chi connectivity index (χ0) is 10.7. The SMILES string of the molecule is CNC(=O)N1CCCC1c1cccnc1. The van der Waals surface area contributed by atoms with E-state index in [1.807, 2.05) is 23.2 Å². The summed E-state index contributed by atoms with van der Waals surface area (Å²) >= 11 is 0. The Morgan fingerprint density at radius 2 is 2.53 bits per heavy atom. The van der Waals surface area contributed by atoms with Crippen molar-refractivity contribution < 1.29 is 4.79 Å². The molecule has 1 aromatic heterocycles. The van der Waals surface area contributed by atoms with Gasteiger partial charge in [0.25, 0.3) is 0 Å². The molecule has 0 spiro atoms. The molecular weight excluding hydrogens is 190 g/mol. The Hall–Kier alpha value is -1.58. The molecule has 80 valence electrons. The van der Waals surface area contributed by atoms with Crippen molar-refractivity contribution in [2.45, 2.75) is 18.9 Å². The molecule has 0 aliphatic carbocycles. The summed E-state index contributed by atoms with van der Waals surface area (Å²) in [6.45, 7) is 0.833. The maximum absolute atomic E-state index is 11.6. The van der Waals surface area contributed by atoms with Crippen molar-refractivity contribution in [2.24, 2.45) is 0 Å². The number of amides is 2. The van der Waals surface area contributed by atoms with Gasteiger partial charge in [0.1, 0.15) is 0 Å². The standard InChI is InChI=1S/C11H15N3O/c1-12-11(15)14-7-3-5-10(14)9-4-2-6-13-8-9/h2,4,6,8,10H,3,5,7H2,1H3,(H,12,15). The second-order valence-corrected chi connectivity index (χ2v) is 3.69. The van der Waals surface area contributed by atoms with Gasteiger partial charge in [-0.05, 0) is 24.5 Å². The number of aromatic nitrogens is 1. The Bertz CT molecular complexity index is 339. The molecule has 15 heavy (non-hydrogen) atoms. The molecular formula is C11H15N3O. The maximum atomic E-state index is 11.6. The van der Waals surface area contributed by atoms with Crippen LogP contribution in [0.4, 0.5) is 4.79 Å². The first-order valence-electron chi connectivity index (χ1n) is 5.21. The van der Waals surface area contributed by atoms with Crippen LogP contribution >= 0.6 is 0 Å². The van der Waals surface area contributed by atoms with Crippen LogP contribution in [-0.4, -0.2) is 29.5 Å². The van der Waals surface area contributed by atoms with Crippen LogP contribution in [0.3, 0.4) is 0 Å². The Morgan fingerprint density at radius 3 is 3.20 bits per heavy atom. The van der Waals surface area contributed by atoms with Crippen molar-refractivity contribution >= 4 is 6.03 Å². The molecule has 4 heteroatoms. The number of hydrogen-bond donors (Lipinski definition) is 1. The van der Waals surface area contributed by atoms with E-state index in [9.17, 15) is 4.79 Å². The van der Waals surface area contributed by atoms with Gasteiger partial charge in [-0.2, -0.15) is 0 Å². The van der Waals surface area contributed by atoms with Gasteiger partial charge in [-0.25, -0.2) is 4.79 Å². The molecule has 4 nitrogen and oxygen atoms in total. The van der Waals surface area contributed by atoms with E-state index in [2.05, 4.69) is 10.3 Å². The third-order valence-corrected chi connectivity index (χ3v) is 2.80. The topological polar surface area (TPSA) is 45.2 Å². The molecule has 1 N–H and O–H groups in total. The smallest absolute Gasteiger partial charge is 0.317 e. The normalized spacial score (nSPS) is 20.3. The summed E-state index contributed by atoms with van der Waals surface area (Å²) in [5, 5.41) is 2.67. The number of urea groups is 1. The predicted octanol–water partition coefficient (Wildman–Crippen LogP) is 1.56. The number of carbonyl (C=O) groups is 1. The van der Waals surface area contributed by atoms with Crippen molar-refractivity contribution in [3.63, 3.8) is 0 Å². The summed E-state index contributed by atoms with van der Waals surface area (Å²) in [5.41, 5.74) is 1.12. The lowest BCUT2D eigenvalue weighted by molar-refractivity contribution is 0.195. The highest BCUT2D eigenvalue weighted by molar-refractivity contribution is 5.74. The molecule has 1 fully saturated rings. The largest absolute Gasteiger partial charge is 0.341 e. The Balaban J connectivity index is 2.18. The predicted molar refractivity (Wildman–Crippen MR) is 57.4 cm³/mol. The Kier molecular flexibility index (Phi) is 2.85. The third kappa shape index (κ3) is 1.93. The minimum atomic E-state index is 0.00125. The van der Waals surface area contributed by atoms with Crippen LogP contribution in [0, 0.1) is 0 Å². The lowest BCUT2D eigenvalue weighted by Gasteiger charge is -2.24. The highest BCUT2D eigenvalue weighted by Gasteiger charge is 2.29. The van der Waals surface area contributed by atoms with E-state index in [4.69, 9.17) is 0 Å². The lowest BCUT2D eigenvalue weighted by atomic mass is 10.1. The molecule has 0 bridgehead atoms. The zero-order valence-electron chi connectivity index (χ0n) is 8.81. The fraction of sp³-hybridized carbons (Fsp3) is 0.455. The summed E-state index contributed by atoms with van der Waals surface area (Å²) < 4.78 is 0. The van der Waals surface area contributed by atoms with E-state index in [-0.39, 0.29) is 12.1 Å². The van der Waals surface area contributed by atoms with Gasteiger partial charge in [0.05, 0.1) is 6.04 Å². The zero-order valence-corrected chi connectivity index (χ0v) is 8.81. The number of nitrogens with zero attached hydrogens (tertiary/aromatic N) is 2. The van der Waals surface area contributed by atoms with Crippen LogP contribution < -0.4 is 5.32 Å². The molecule has 1 aromatic rings. The van der Waals surface area contributed by atoms with Crippen molar-refractivity contribution in [2.75, 3.05) is 13.6 Å². The van der Waals surface area contributed by atoms with Crippen molar-refractivity contribution in [1.29, 1.82) is 0 Å². The van der Waals surface area contributed by atoms with E-state index < -0.39 is 0 Å². The minimum Gasteiger partial charge on any atom is -0.341 e. The second-order valence-electron chi connectivity index (χ2n) is 3.69. The summed E-state index contributed by atoms with van der Waals surface area (Å²) in [6.07, 6.45) is 5.68. The molecule has 1 atom stereocenters. The first-order valence-corrected chi connectivity index (χ1v) is 5.21. The number of nitrogens with one attached hydrogen (secondary N) is 1. The van der Waals surface area contributed by atoms with Crippen LogP contribution in [0.2, 0.25) is 0 Å². The molecule has 2 amide bonds. The quantitative estimate of drug-likeness (QED) is 0.756. The van der Waals surface area contributed by atoms with Crippen LogP contribution in [0.5, 0.6) is 0 Å². The molecule has 0 radical (unpaired) electrons. The Labute approximate surface area is 89.3 Å². The van der Waals surface area contributed by atoms with Gasteiger partial charge in [0.15, 0.2) is 0 Å². The molecule has 1 aliphatic rings. The molecule has 0 aromatic carbocycles. The van der Waals surface area contributed by atoms with E-state index >= 15 is 0 Å². The maximum Gasteiger partial charge on any atom is 0.317 e. The first kappa shape index (κ1) is 9.96. The lowest BCUT2D eigenvalue weighted by Crippen LogP contribution is -2.37. The minimum absolute atomic E-state index is 0.00125. The number of likely N-dealkylation sites (tertiary alicyclic amines) is 1. The van der Waals surface area contributed by atoms with Crippen LogP contribution in [0.25, 0.3) is 0 Å². The molecule has 2 rings (SSSR count). The summed E-state index contributed by atoms with van der Waals surface area (Å²) in [4.78, 5) is 17.6. The second kappa shape index (κ2) is 4.29. The van der Waals surface area contributed by atoms with Crippen molar-refractivity contribution in [1.82, 2.24) is 15.2 Å². The summed E-state index contributed by atoms with van der Waals surface area (Å²) in [7, 11) is 1.67. The van der Waals surface area contributed by atoms with E-state index in [1.54, 1.807) is 13.2 Å². The van der Waals surface area contributed by atoms with Gasteiger partial charge in [-0.3, -0.25) is 4.98 Å². The molecule has 1 unspecified atom stereocenters. The first-order chi connectivity index (χ1) is 7.33. The molecule has 1 saturated heterocycles. The summed E-state index contributed by atoms with van der Waals surface area (Å²) in [5.74, 6) is 0. The van der Waals surface area contributed by atoms with E-state index in [0.717, 1.165) is 24.9 Å². The molecule has 0 saturated carbocycles. The Morgan fingerprint density at radius 1 is 1.67 bits per heavy atom. The number of pyridine rings is 1. The fourth-order valence-corrected chi connectivity index (χ4v) is 2.07. The van der Waals surface area contributed by atoms with Gasteiger partial charge in [0.2, 0.25) is 0 Å². The fourth-order valence-electron chi connectivity index (χ4n) is 2.07. The average molecular weight is 205 g/mol. The number of hydrogen-bond acceptors (Lipinski definition) is 2. The van der Waals surface area contributed by atoms with Gasteiger partial charge in [-0.1, -0.05) is 6.07 Å². The average Bonchev–Trinajstić information content (AvgIpc) is 2.78. The monoisotopic (exact) mass is 205 g/mol. The number of rotatable bonds is 1. The van der Waals surface area contributed by atoms with Crippen LogP contribution in [0.1, 0.15) is 24.4 Å². The van der Waals surface area contributed by atoms with E-state index in [0.29, 0.717) is 0 Å². The molecule has 2 heterocycles. The van der Waals surface area contributed by atoms with Crippen molar-refractivity contribution in [3.8, 4) is 0 Å². The highest BCUT2D eigenvalue weighted by atomic mass is 16.2. The van der Waals surface area contributed by atoms with Crippen LogP contribution in [-0.2, 0) is 0 Å². The summed E-state index contributed by atoms with van der Waals surface area (Å²) in [6, 6.07) is 4.13. The third-order valence-electron chi connectivity index (χ3n) is 2.80. The van der Waals surface area contributed by atoms with Gasteiger partial charge < -0.3 is 10.2 Å². The van der Waals surface area contributed by atoms with Gasteiger partial charge in [0, 0.05) is 26.0 Å². The van der Waals surface area contributed by atoms with Gasteiger partial charge in [-0.15, -0.1) is 0 Å². The molecule has 1 aliphatic heterocycles. The van der Waals surface area contributed by atoms with Gasteiger partial charge >= 0.3 is 6.03 Å². The highest BCUT2D eigenvalue weighted by Crippen LogP contribution is 2.30. The van der Waals surface area contributed by atoms with Crippen molar-refractivity contribution in [3.05, 3.63) is 30.1 Å². The van der Waals surface area contributed by atoms with E-state index in [1.165, 1.54) is 0 Å². The number of carbonyl (C=O) groups excluding carboxylic acids is 1. The van der Waals surface area contributed by atoms with Crippen LogP contribution in [0.15, 0.2) is 24.5 Å².